The van der Waals surface area contributed by atoms with Gasteiger partial charge in [-0.2, -0.15) is 0 Å². The zero-order chi connectivity index (χ0) is 9.12. The summed E-state index contributed by atoms with van der Waals surface area (Å²) in [7, 11) is 0. The minimum atomic E-state index is -0.470. The van der Waals surface area contributed by atoms with Gasteiger partial charge in [-0.25, -0.2) is 0 Å². The fraction of sp³-hybridized carbons (Fsp3) is 1.00. The Morgan fingerprint density at radius 1 is 0.909 bits per heavy atom. The van der Waals surface area contributed by atoms with E-state index in [4.69, 9.17) is 0 Å². The van der Waals surface area contributed by atoms with Gasteiger partial charge in [-0.1, -0.05) is 34.6 Å². The van der Waals surface area contributed by atoms with Gasteiger partial charge in [0.05, 0.1) is 5.60 Å². The van der Waals surface area contributed by atoms with Crippen LogP contribution in [-0.4, -0.2) is 10.7 Å². The average molecular weight is 158 g/mol. The average Bonchev–Trinajstić information content (AvgIpc) is 2.02. The fourth-order valence-electron chi connectivity index (χ4n) is 1.54. The van der Waals surface area contributed by atoms with Gasteiger partial charge in [-0.3, -0.25) is 0 Å². The second-order valence-electron chi connectivity index (χ2n) is 3.98. The van der Waals surface area contributed by atoms with Gasteiger partial charge < -0.3 is 5.11 Å². The van der Waals surface area contributed by atoms with Crippen LogP contribution in [0.2, 0.25) is 0 Å². The highest BCUT2D eigenvalue weighted by Crippen LogP contribution is 2.38. The summed E-state index contributed by atoms with van der Waals surface area (Å²) in [6.45, 7) is 10.5. The van der Waals surface area contributed by atoms with Crippen molar-refractivity contribution in [2.24, 2.45) is 5.41 Å². The zero-order valence-electron chi connectivity index (χ0n) is 8.57. The molecule has 0 saturated carbocycles. The molecule has 1 nitrogen and oxygen atoms in total. The molecule has 0 fully saturated rings. The van der Waals surface area contributed by atoms with Crippen molar-refractivity contribution in [1.82, 2.24) is 0 Å². The van der Waals surface area contributed by atoms with Crippen molar-refractivity contribution in [2.75, 3.05) is 0 Å². The second-order valence-corrected chi connectivity index (χ2v) is 3.98. The summed E-state index contributed by atoms with van der Waals surface area (Å²) in [6.07, 6.45) is 2.74. The summed E-state index contributed by atoms with van der Waals surface area (Å²) in [5, 5.41) is 10.2. The number of rotatable bonds is 4. The molecular weight excluding hydrogens is 136 g/mol. The monoisotopic (exact) mass is 158 g/mol. The maximum Gasteiger partial charge on any atom is 0.0693 e. The molecule has 0 rings (SSSR count). The molecule has 1 heteroatoms. The Bertz CT molecular complexity index is 112. The standard InChI is InChI=1S/C10H22O/c1-6-9(4,5)10(11,7-2)8-3/h11H,6-8H2,1-5H3. The Morgan fingerprint density at radius 2 is 1.27 bits per heavy atom. The molecule has 0 aliphatic carbocycles. The van der Waals surface area contributed by atoms with Crippen LogP contribution in [0.5, 0.6) is 0 Å². The first-order valence-electron chi connectivity index (χ1n) is 4.66. The van der Waals surface area contributed by atoms with Crippen LogP contribution in [0.15, 0.2) is 0 Å². The predicted octanol–water partition coefficient (Wildman–Crippen LogP) is 2.97. The van der Waals surface area contributed by atoms with Crippen molar-refractivity contribution in [3.63, 3.8) is 0 Å². The van der Waals surface area contributed by atoms with Crippen LogP contribution in [0.1, 0.15) is 53.9 Å². The third kappa shape index (κ3) is 1.96. The van der Waals surface area contributed by atoms with E-state index >= 15 is 0 Å². The normalized spacial score (nSPS) is 13.6. The third-order valence-electron chi connectivity index (χ3n) is 3.31. The Hall–Kier alpha value is -0.0400. The van der Waals surface area contributed by atoms with Gasteiger partial charge in [-0.05, 0) is 24.7 Å². The molecule has 0 spiro atoms. The molecule has 0 saturated heterocycles. The van der Waals surface area contributed by atoms with E-state index in [2.05, 4.69) is 34.6 Å². The van der Waals surface area contributed by atoms with Crippen molar-refractivity contribution >= 4 is 0 Å². The van der Waals surface area contributed by atoms with Crippen molar-refractivity contribution in [2.45, 2.75) is 59.5 Å². The summed E-state index contributed by atoms with van der Waals surface area (Å²) in [5.41, 5.74) is -0.418. The minimum Gasteiger partial charge on any atom is -0.389 e. The van der Waals surface area contributed by atoms with Gasteiger partial charge in [-0.15, -0.1) is 0 Å². The topological polar surface area (TPSA) is 20.2 Å². The van der Waals surface area contributed by atoms with E-state index in [1.165, 1.54) is 0 Å². The molecule has 0 aliphatic rings. The second kappa shape index (κ2) is 3.57. The number of aliphatic hydroxyl groups is 1. The Balaban J connectivity index is 4.47. The lowest BCUT2D eigenvalue weighted by Gasteiger charge is -2.41. The van der Waals surface area contributed by atoms with Gasteiger partial charge in [0.1, 0.15) is 0 Å². The lowest BCUT2D eigenvalue weighted by atomic mass is 9.70. The lowest BCUT2D eigenvalue weighted by molar-refractivity contribution is -0.0749. The summed E-state index contributed by atoms with van der Waals surface area (Å²) in [4.78, 5) is 0. The molecule has 0 amide bonds. The van der Waals surface area contributed by atoms with Gasteiger partial charge in [0.2, 0.25) is 0 Å². The first-order chi connectivity index (χ1) is 4.93. The highest BCUT2D eigenvalue weighted by molar-refractivity contribution is 4.90. The van der Waals surface area contributed by atoms with Crippen molar-refractivity contribution in [1.29, 1.82) is 0 Å². The molecule has 0 aromatic rings. The van der Waals surface area contributed by atoms with Crippen LogP contribution in [-0.2, 0) is 0 Å². The molecule has 0 radical (unpaired) electrons. The summed E-state index contributed by atoms with van der Waals surface area (Å²) in [5.74, 6) is 0. The molecule has 0 aromatic carbocycles. The highest BCUT2D eigenvalue weighted by Gasteiger charge is 2.38. The first-order valence-corrected chi connectivity index (χ1v) is 4.66. The Morgan fingerprint density at radius 3 is 1.36 bits per heavy atom. The van der Waals surface area contributed by atoms with Gasteiger partial charge in [0.15, 0.2) is 0 Å². The number of hydrogen-bond acceptors (Lipinski definition) is 1. The highest BCUT2D eigenvalue weighted by atomic mass is 16.3. The summed E-state index contributed by atoms with van der Waals surface area (Å²) >= 11 is 0. The largest absolute Gasteiger partial charge is 0.389 e. The van der Waals surface area contributed by atoms with Crippen LogP contribution in [0, 0.1) is 5.41 Å². The van der Waals surface area contributed by atoms with Crippen LogP contribution in [0.4, 0.5) is 0 Å². The zero-order valence-corrected chi connectivity index (χ0v) is 8.57. The van der Waals surface area contributed by atoms with Gasteiger partial charge in [0, 0.05) is 0 Å². The van der Waals surface area contributed by atoms with Crippen molar-refractivity contribution in [3.8, 4) is 0 Å². The molecular formula is C10H22O. The van der Waals surface area contributed by atoms with Crippen molar-refractivity contribution < 1.29 is 5.11 Å². The maximum atomic E-state index is 10.2. The lowest BCUT2D eigenvalue weighted by Crippen LogP contribution is -2.43. The molecule has 68 valence electrons. The quantitative estimate of drug-likeness (QED) is 0.667. The van der Waals surface area contributed by atoms with Gasteiger partial charge in [0.25, 0.3) is 0 Å². The maximum absolute atomic E-state index is 10.2. The molecule has 0 bridgehead atoms. The number of hydrogen-bond donors (Lipinski definition) is 1. The molecule has 1 N–H and O–H groups in total. The van der Waals surface area contributed by atoms with Crippen LogP contribution < -0.4 is 0 Å². The van der Waals surface area contributed by atoms with Crippen molar-refractivity contribution in [3.05, 3.63) is 0 Å². The molecule has 0 heterocycles. The Labute approximate surface area is 70.8 Å². The molecule has 0 aromatic heterocycles. The molecule has 11 heavy (non-hydrogen) atoms. The fourth-order valence-corrected chi connectivity index (χ4v) is 1.54. The van der Waals surface area contributed by atoms with Gasteiger partial charge >= 0.3 is 0 Å². The molecule has 0 aliphatic heterocycles. The van der Waals surface area contributed by atoms with E-state index in [9.17, 15) is 5.11 Å². The first kappa shape index (κ1) is 11.0. The summed E-state index contributed by atoms with van der Waals surface area (Å²) < 4.78 is 0. The minimum absolute atomic E-state index is 0.0521. The van der Waals surface area contributed by atoms with E-state index in [-0.39, 0.29) is 5.41 Å². The van der Waals surface area contributed by atoms with E-state index in [0.717, 1.165) is 19.3 Å². The van der Waals surface area contributed by atoms with E-state index in [1.54, 1.807) is 0 Å². The predicted molar refractivity (Wildman–Crippen MR) is 49.6 cm³/mol. The molecule has 0 atom stereocenters. The SMILES string of the molecule is CCC(C)(C)C(O)(CC)CC. The van der Waals surface area contributed by atoms with E-state index in [0.29, 0.717) is 0 Å². The van der Waals surface area contributed by atoms with Crippen LogP contribution in [0.3, 0.4) is 0 Å². The molecule has 0 unspecified atom stereocenters. The Kier molecular flexibility index (Phi) is 3.56. The third-order valence-corrected chi connectivity index (χ3v) is 3.31. The summed E-state index contributed by atoms with van der Waals surface area (Å²) in [6, 6.07) is 0. The van der Waals surface area contributed by atoms with E-state index in [1.807, 2.05) is 0 Å². The smallest absolute Gasteiger partial charge is 0.0693 e. The van der Waals surface area contributed by atoms with Crippen LogP contribution >= 0.6 is 0 Å². The van der Waals surface area contributed by atoms with Crippen LogP contribution in [0.25, 0.3) is 0 Å². The van der Waals surface area contributed by atoms with E-state index < -0.39 is 5.60 Å².